The van der Waals surface area contributed by atoms with Gasteiger partial charge in [0.15, 0.2) is 5.79 Å². The van der Waals surface area contributed by atoms with E-state index < -0.39 is 17.8 Å². The van der Waals surface area contributed by atoms with Crippen molar-refractivity contribution in [1.82, 2.24) is 10.6 Å². The minimum Gasteiger partial charge on any atom is -0.390 e. The molecule has 3 N–H and O–H groups in total. The summed E-state index contributed by atoms with van der Waals surface area (Å²) in [7, 11) is 1.53. The molecule has 2 saturated heterocycles. The van der Waals surface area contributed by atoms with Crippen LogP contribution in [0, 0.1) is 5.92 Å². The number of nitrogens with one attached hydrogen (secondary N) is 2. The number of ether oxygens (including phenoxy) is 3. The number of hydrogen-bond donors (Lipinski definition) is 3. The molecular formula is C25H44N2O6. The number of carbonyl (C=O) groups excluding carboxylic acids is 2. The second kappa shape index (κ2) is 14.7. The number of hydrogen-bond acceptors (Lipinski definition) is 6. The maximum atomic E-state index is 12.4. The van der Waals surface area contributed by atoms with E-state index in [1.807, 2.05) is 6.08 Å². The quantitative estimate of drug-likeness (QED) is 0.267. The SMILES string of the molecule is C=CCC[C@@H]1CCC[C@]2(CCC[C@@H](CCCNC(=O)[C@@H](C)[C@@H](O)CNC(=O)CCOC)O2)O1. The van der Waals surface area contributed by atoms with E-state index in [2.05, 4.69) is 17.2 Å². The molecule has 190 valence electrons. The van der Waals surface area contributed by atoms with Gasteiger partial charge in [-0.2, -0.15) is 0 Å². The van der Waals surface area contributed by atoms with Crippen LogP contribution in [0.4, 0.5) is 0 Å². The number of rotatable bonds is 14. The normalized spacial score (nSPS) is 27.0. The number of aliphatic hydroxyl groups is 1. The van der Waals surface area contributed by atoms with Gasteiger partial charge in [0.05, 0.1) is 30.8 Å². The van der Waals surface area contributed by atoms with Crippen LogP contribution in [0.25, 0.3) is 0 Å². The number of aliphatic hydroxyl groups excluding tert-OH is 1. The summed E-state index contributed by atoms with van der Waals surface area (Å²) >= 11 is 0. The van der Waals surface area contributed by atoms with Crippen LogP contribution in [0.3, 0.4) is 0 Å². The predicted molar refractivity (Wildman–Crippen MR) is 127 cm³/mol. The van der Waals surface area contributed by atoms with Crippen molar-refractivity contribution < 1.29 is 28.9 Å². The summed E-state index contributed by atoms with van der Waals surface area (Å²) in [6.07, 6.45) is 11.6. The average Bonchev–Trinajstić information content (AvgIpc) is 2.82. The molecule has 8 nitrogen and oxygen atoms in total. The Morgan fingerprint density at radius 3 is 2.48 bits per heavy atom. The second-order valence-corrected chi connectivity index (χ2v) is 9.38. The molecule has 0 bridgehead atoms. The largest absolute Gasteiger partial charge is 0.390 e. The van der Waals surface area contributed by atoms with Crippen LogP contribution in [0.5, 0.6) is 0 Å². The maximum absolute atomic E-state index is 12.4. The van der Waals surface area contributed by atoms with Crippen LogP contribution in [0.15, 0.2) is 12.7 Å². The van der Waals surface area contributed by atoms with Gasteiger partial charge in [-0.05, 0) is 51.4 Å². The average molecular weight is 469 g/mol. The first kappa shape index (κ1) is 27.8. The summed E-state index contributed by atoms with van der Waals surface area (Å²) < 4.78 is 17.7. The molecule has 2 heterocycles. The smallest absolute Gasteiger partial charge is 0.225 e. The lowest BCUT2D eigenvalue weighted by Gasteiger charge is -2.46. The van der Waals surface area contributed by atoms with Crippen LogP contribution < -0.4 is 10.6 Å². The molecule has 8 heteroatoms. The van der Waals surface area contributed by atoms with Gasteiger partial charge in [-0.15, -0.1) is 6.58 Å². The lowest BCUT2D eigenvalue weighted by Crippen LogP contribution is -2.48. The third-order valence-electron chi connectivity index (χ3n) is 6.66. The molecule has 0 unspecified atom stereocenters. The molecule has 0 aromatic heterocycles. The van der Waals surface area contributed by atoms with E-state index in [0.717, 1.165) is 64.2 Å². The van der Waals surface area contributed by atoms with E-state index >= 15 is 0 Å². The Hall–Kier alpha value is -1.48. The van der Waals surface area contributed by atoms with Crippen molar-refractivity contribution >= 4 is 11.8 Å². The first-order valence-electron chi connectivity index (χ1n) is 12.6. The third-order valence-corrected chi connectivity index (χ3v) is 6.66. The number of carbonyl (C=O) groups is 2. The zero-order chi connectivity index (χ0) is 24.1. The lowest BCUT2D eigenvalue weighted by molar-refractivity contribution is -0.315. The van der Waals surface area contributed by atoms with Crippen molar-refractivity contribution in [3.8, 4) is 0 Å². The molecule has 0 saturated carbocycles. The van der Waals surface area contributed by atoms with Gasteiger partial charge in [0.25, 0.3) is 0 Å². The highest BCUT2D eigenvalue weighted by Gasteiger charge is 2.42. The van der Waals surface area contributed by atoms with E-state index in [0.29, 0.717) is 13.2 Å². The minimum atomic E-state index is -0.935. The molecule has 0 aromatic rings. The third kappa shape index (κ3) is 9.73. The van der Waals surface area contributed by atoms with Gasteiger partial charge in [-0.25, -0.2) is 0 Å². The highest BCUT2D eigenvalue weighted by molar-refractivity contribution is 5.79. The Morgan fingerprint density at radius 2 is 1.85 bits per heavy atom. The summed E-state index contributed by atoms with van der Waals surface area (Å²) in [5, 5.41) is 15.7. The molecule has 0 aliphatic carbocycles. The van der Waals surface area contributed by atoms with Crippen molar-refractivity contribution in [2.24, 2.45) is 5.92 Å². The van der Waals surface area contributed by atoms with Gasteiger partial charge in [-0.1, -0.05) is 13.0 Å². The van der Waals surface area contributed by atoms with Crippen molar-refractivity contribution in [3.05, 3.63) is 12.7 Å². The Morgan fingerprint density at radius 1 is 1.18 bits per heavy atom. The molecule has 5 atom stereocenters. The van der Waals surface area contributed by atoms with Crippen LogP contribution in [-0.2, 0) is 23.8 Å². The zero-order valence-electron chi connectivity index (χ0n) is 20.5. The van der Waals surface area contributed by atoms with Crippen LogP contribution in [0.2, 0.25) is 0 Å². The lowest BCUT2D eigenvalue weighted by atomic mass is 9.91. The Balaban J connectivity index is 1.65. The summed E-state index contributed by atoms with van der Waals surface area (Å²) in [6, 6.07) is 0. The molecule has 2 fully saturated rings. The monoisotopic (exact) mass is 468 g/mol. The second-order valence-electron chi connectivity index (χ2n) is 9.38. The standard InChI is InChI=1S/C25H44N2O6/c1-4-5-9-20-10-6-14-25(32-20)15-7-11-21(33-25)12-8-16-26-24(30)19(2)22(28)18-27-23(29)13-17-31-3/h4,19-22,28H,1,5-18H2,2-3H3,(H,26,30)(H,27,29)/t19-,20+,21-,22-,25-/m0/s1. The molecule has 2 rings (SSSR count). The van der Waals surface area contributed by atoms with Crippen LogP contribution in [-0.4, -0.2) is 67.8 Å². The summed E-state index contributed by atoms with van der Waals surface area (Å²) in [4.78, 5) is 24.0. The fraction of sp³-hybridized carbons (Fsp3) is 0.840. The van der Waals surface area contributed by atoms with Gasteiger partial charge < -0.3 is 30.0 Å². The van der Waals surface area contributed by atoms with E-state index in [9.17, 15) is 14.7 Å². The van der Waals surface area contributed by atoms with E-state index in [-0.39, 0.29) is 37.0 Å². The predicted octanol–water partition coefficient (Wildman–Crippen LogP) is 2.83. The van der Waals surface area contributed by atoms with Crippen molar-refractivity contribution in [1.29, 1.82) is 0 Å². The molecule has 2 aliphatic heterocycles. The molecule has 2 amide bonds. The first-order valence-corrected chi connectivity index (χ1v) is 12.6. The number of amides is 2. The fourth-order valence-corrected chi connectivity index (χ4v) is 4.58. The van der Waals surface area contributed by atoms with Gasteiger partial charge in [0, 0.05) is 39.5 Å². The summed E-state index contributed by atoms with van der Waals surface area (Å²) in [5.74, 6) is -1.45. The maximum Gasteiger partial charge on any atom is 0.225 e. The Kier molecular flexibility index (Phi) is 12.4. The summed E-state index contributed by atoms with van der Waals surface area (Å²) in [5.41, 5.74) is 0. The van der Waals surface area contributed by atoms with Gasteiger partial charge in [0.2, 0.25) is 11.8 Å². The van der Waals surface area contributed by atoms with Crippen molar-refractivity contribution in [2.75, 3.05) is 26.8 Å². The van der Waals surface area contributed by atoms with Gasteiger partial charge >= 0.3 is 0 Å². The van der Waals surface area contributed by atoms with Gasteiger partial charge in [0.1, 0.15) is 0 Å². The molecule has 0 radical (unpaired) electrons. The number of allylic oxidation sites excluding steroid dienone is 1. The van der Waals surface area contributed by atoms with E-state index in [1.165, 1.54) is 7.11 Å². The highest BCUT2D eigenvalue weighted by atomic mass is 16.7. The fourth-order valence-electron chi connectivity index (χ4n) is 4.58. The van der Waals surface area contributed by atoms with Crippen molar-refractivity contribution in [2.45, 2.75) is 102 Å². The van der Waals surface area contributed by atoms with Crippen LogP contribution >= 0.6 is 0 Å². The molecular weight excluding hydrogens is 424 g/mol. The first-order chi connectivity index (χ1) is 15.9. The minimum absolute atomic E-state index is 0.0446. The number of methoxy groups -OCH3 is 1. The van der Waals surface area contributed by atoms with E-state index in [1.54, 1.807) is 6.92 Å². The highest BCUT2D eigenvalue weighted by Crippen LogP contribution is 2.40. The molecule has 0 aromatic carbocycles. The Bertz CT molecular complexity index is 612. The topological polar surface area (TPSA) is 106 Å². The van der Waals surface area contributed by atoms with Gasteiger partial charge in [-0.3, -0.25) is 9.59 Å². The van der Waals surface area contributed by atoms with Crippen molar-refractivity contribution in [3.63, 3.8) is 0 Å². The van der Waals surface area contributed by atoms with E-state index in [4.69, 9.17) is 14.2 Å². The Labute approximate surface area is 198 Å². The molecule has 2 aliphatic rings. The van der Waals surface area contributed by atoms with Crippen LogP contribution in [0.1, 0.15) is 77.6 Å². The zero-order valence-corrected chi connectivity index (χ0v) is 20.5. The molecule has 33 heavy (non-hydrogen) atoms. The molecule has 1 spiro atoms. The summed E-state index contributed by atoms with van der Waals surface area (Å²) in [6.45, 7) is 6.38.